The molecule has 0 bridgehead atoms. The first-order valence-electron chi connectivity index (χ1n) is 7.19. The third kappa shape index (κ3) is 2.99. The van der Waals surface area contributed by atoms with E-state index in [9.17, 15) is 9.90 Å². The predicted molar refractivity (Wildman–Crippen MR) is 87.0 cm³/mol. The summed E-state index contributed by atoms with van der Waals surface area (Å²) in [7, 11) is 2.99. The Bertz CT molecular complexity index is 809. The molecule has 0 saturated heterocycles. The highest BCUT2D eigenvalue weighted by Crippen LogP contribution is 2.34. The van der Waals surface area contributed by atoms with E-state index in [1.807, 2.05) is 0 Å². The highest BCUT2D eigenvalue weighted by molar-refractivity contribution is 6.09. The predicted octanol–water partition coefficient (Wildman–Crippen LogP) is 3.21. The molecule has 1 aliphatic rings. The summed E-state index contributed by atoms with van der Waals surface area (Å²) in [6, 6.07) is 9.80. The normalized spacial score (nSPS) is 12.8. The zero-order valence-corrected chi connectivity index (χ0v) is 13.2. The number of fused-ring (bicyclic) bond motifs is 1. The number of aliphatic hydroxyl groups is 1. The van der Waals surface area contributed by atoms with Crippen LogP contribution < -0.4 is 18.9 Å². The first kappa shape index (κ1) is 15.7. The number of ether oxygens (including phenoxy) is 4. The van der Waals surface area contributed by atoms with E-state index in [4.69, 9.17) is 18.9 Å². The quantitative estimate of drug-likeness (QED) is 0.516. The number of benzene rings is 2. The molecule has 124 valence electrons. The molecule has 0 radical (unpaired) electrons. The van der Waals surface area contributed by atoms with Crippen molar-refractivity contribution >= 4 is 11.5 Å². The minimum atomic E-state index is -0.385. The Morgan fingerprint density at radius 1 is 1.08 bits per heavy atom. The van der Waals surface area contributed by atoms with Crippen LogP contribution in [-0.2, 0) is 0 Å². The van der Waals surface area contributed by atoms with E-state index in [-0.39, 0.29) is 18.3 Å². The smallest absolute Gasteiger partial charge is 0.231 e. The number of rotatable bonds is 5. The van der Waals surface area contributed by atoms with Gasteiger partial charge in [-0.25, -0.2) is 0 Å². The number of hydrogen-bond donors (Lipinski definition) is 1. The van der Waals surface area contributed by atoms with Gasteiger partial charge in [0.25, 0.3) is 0 Å². The van der Waals surface area contributed by atoms with Crippen molar-refractivity contribution in [3.05, 3.63) is 53.6 Å². The molecule has 0 aliphatic carbocycles. The van der Waals surface area contributed by atoms with E-state index in [0.29, 0.717) is 34.1 Å². The molecule has 2 aromatic carbocycles. The van der Waals surface area contributed by atoms with Crippen LogP contribution in [0.4, 0.5) is 0 Å². The lowest BCUT2D eigenvalue weighted by atomic mass is 10.1. The van der Waals surface area contributed by atoms with Gasteiger partial charge in [0.1, 0.15) is 17.3 Å². The van der Waals surface area contributed by atoms with Crippen molar-refractivity contribution in [3.8, 4) is 23.0 Å². The summed E-state index contributed by atoms with van der Waals surface area (Å²) in [6.45, 7) is 0.144. The molecular weight excluding hydrogens is 312 g/mol. The van der Waals surface area contributed by atoms with Gasteiger partial charge in [-0.3, -0.25) is 4.79 Å². The van der Waals surface area contributed by atoms with E-state index in [1.165, 1.54) is 14.2 Å². The minimum Gasteiger partial charge on any atom is -0.507 e. The Balaban J connectivity index is 1.89. The number of ketones is 1. The lowest BCUT2D eigenvalue weighted by Gasteiger charge is -2.08. The highest BCUT2D eigenvalue weighted by Gasteiger charge is 2.16. The van der Waals surface area contributed by atoms with E-state index in [1.54, 1.807) is 36.4 Å². The van der Waals surface area contributed by atoms with Crippen LogP contribution >= 0.6 is 0 Å². The Labute approximate surface area is 138 Å². The number of carbonyl (C=O) groups excluding carboxylic acids is 1. The van der Waals surface area contributed by atoms with E-state index in [2.05, 4.69) is 0 Å². The fourth-order valence-electron chi connectivity index (χ4n) is 2.34. The highest BCUT2D eigenvalue weighted by atomic mass is 16.7. The van der Waals surface area contributed by atoms with Crippen LogP contribution in [0, 0.1) is 0 Å². The number of allylic oxidation sites excluding steroid dienone is 1. The van der Waals surface area contributed by atoms with Gasteiger partial charge >= 0.3 is 0 Å². The molecule has 6 nitrogen and oxygen atoms in total. The Morgan fingerprint density at radius 2 is 1.88 bits per heavy atom. The topological polar surface area (TPSA) is 74.2 Å². The molecule has 0 saturated carbocycles. The maximum atomic E-state index is 12.4. The fourth-order valence-corrected chi connectivity index (χ4v) is 2.34. The third-order valence-corrected chi connectivity index (χ3v) is 3.61. The first-order valence-corrected chi connectivity index (χ1v) is 7.19. The van der Waals surface area contributed by atoms with Crippen molar-refractivity contribution < 1.29 is 28.8 Å². The lowest BCUT2D eigenvalue weighted by molar-refractivity contribution is 0.104. The maximum Gasteiger partial charge on any atom is 0.231 e. The average Bonchev–Trinajstić information content (AvgIpc) is 3.08. The molecule has 6 heteroatoms. The van der Waals surface area contributed by atoms with Crippen LogP contribution in [0.25, 0.3) is 5.76 Å². The molecule has 1 aliphatic heterocycles. The number of aliphatic hydroxyl groups excluding tert-OH is 1. The van der Waals surface area contributed by atoms with Gasteiger partial charge in [0.15, 0.2) is 17.3 Å². The van der Waals surface area contributed by atoms with Crippen molar-refractivity contribution in [2.75, 3.05) is 21.0 Å². The van der Waals surface area contributed by atoms with Gasteiger partial charge in [-0.2, -0.15) is 0 Å². The molecular formula is C18H16O6. The van der Waals surface area contributed by atoms with Gasteiger partial charge in [0.2, 0.25) is 6.79 Å². The van der Waals surface area contributed by atoms with Gasteiger partial charge in [-0.05, 0) is 30.3 Å². The number of carbonyl (C=O) groups is 1. The summed E-state index contributed by atoms with van der Waals surface area (Å²) in [5.74, 6) is 1.53. The molecule has 0 atom stereocenters. The maximum absolute atomic E-state index is 12.4. The summed E-state index contributed by atoms with van der Waals surface area (Å²) in [6.07, 6.45) is 1.14. The molecule has 1 N–H and O–H groups in total. The summed E-state index contributed by atoms with van der Waals surface area (Å²) in [5.41, 5.74) is 0.783. The van der Waals surface area contributed by atoms with Crippen molar-refractivity contribution in [2.45, 2.75) is 0 Å². The van der Waals surface area contributed by atoms with Crippen molar-refractivity contribution in [1.82, 2.24) is 0 Å². The van der Waals surface area contributed by atoms with Gasteiger partial charge in [-0.15, -0.1) is 0 Å². The number of methoxy groups -OCH3 is 2. The van der Waals surface area contributed by atoms with Crippen molar-refractivity contribution in [1.29, 1.82) is 0 Å². The van der Waals surface area contributed by atoms with Crippen LogP contribution in [0.2, 0.25) is 0 Å². The zero-order chi connectivity index (χ0) is 17.1. The van der Waals surface area contributed by atoms with Crippen LogP contribution in [-0.4, -0.2) is 31.9 Å². The Morgan fingerprint density at radius 3 is 2.62 bits per heavy atom. The molecule has 0 aromatic heterocycles. The van der Waals surface area contributed by atoms with Crippen molar-refractivity contribution in [3.63, 3.8) is 0 Å². The monoisotopic (exact) mass is 328 g/mol. The van der Waals surface area contributed by atoms with Crippen LogP contribution in [0.15, 0.2) is 42.5 Å². The first-order chi connectivity index (χ1) is 11.6. The van der Waals surface area contributed by atoms with E-state index in [0.717, 1.165) is 6.08 Å². The largest absolute Gasteiger partial charge is 0.507 e. The molecule has 2 aromatic rings. The van der Waals surface area contributed by atoms with Gasteiger partial charge in [0, 0.05) is 17.7 Å². The second kappa shape index (κ2) is 6.54. The number of hydrogen-bond acceptors (Lipinski definition) is 6. The summed E-state index contributed by atoms with van der Waals surface area (Å²) in [5, 5.41) is 10.2. The molecule has 0 unspecified atom stereocenters. The second-order valence-corrected chi connectivity index (χ2v) is 5.03. The SMILES string of the molecule is COc1ccc(C(=O)/C=C(\O)c2ccc3c(c2)OCO3)c(OC)c1. The van der Waals surface area contributed by atoms with E-state index < -0.39 is 0 Å². The van der Waals surface area contributed by atoms with Crippen LogP contribution in [0.3, 0.4) is 0 Å². The van der Waals surface area contributed by atoms with Crippen molar-refractivity contribution in [2.24, 2.45) is 0 Å². The summed E-state index contributed by atoms with van der Waals surface area (Å²) < 4.78 is 20.8. The summed E-state index contributed by atoms with van der Waals surface area (Å²) in [4.78, 5) is 12.4. The molecule has 0 amide bonds. The molecule has 3 rings (SSSR count). The van der Waals surface area contributed by atoms with Gasteiger partial charge in [0.05, 0.1) is 19.8 Å². The second-order valence-electron chi connectivity index (χ2n) is 5.03. The third-order valence-electron chi connectivity index (χ3n) is 3.61. The molecule has 24 heavy (non-hydrogen) atoms. The van der Waals surface area contributed by atoms with Gasteiger partial charge < -0.3 is 24.1 Å². The fraction of sp³-hybridized carbons (Fsp3) is 0.167. The van der Waals surface area contributed by atoms with Crippen LogP contribution in [0.1, 0.15) is 15.9 Å². The average molecular weight is 328 g/mol. The molecule has 1 heterocycles. The van der Waals surface area contributed by atoms with E-state index >= 15 is 0 Å². The lowest BCUT2D eigenvalue weighted by Crippen LogP contribution is -2.01. The van der Waals surface area contributed by atoms with Crippen LogP contribution in [0.5, 0.6) is 23.0 Å². The van der Waals surface area contributed by atoms with Gasteiger partial charge in [-0.1, -0.05) is 0 Å². The molecule has 0 fully saturated rings. The Kier molecular flexibility index (Phi) is 4.29. The zero-order valence-electron chi connectivity index (χ0n) is 13.2. The standard InChI is InChI=1S/C18H16O6/c1-21-12-4-5-13(17(8-12)22-2)15(20)9-14(19)11-3-6-16-18(7-11)24-10-23-16/h3-9,19H,10H2,1-2H3/b14-9-. The Hall–Kier alpha value is -3.15. The summed E-state index contributed by atoms with van der Waals surface area (Å²) >= 11 is 0. The minimum absolute atomic E-state index is 0.144. The molecule has 0 spiro atoms.